The lowest BCUT2D eigenvalue weighted by Gasteiger charge is -2.37. The third-order valence-electron chi connectivity index (χ3n) is 7.96. The molecule has 5 nitrogen and oxygen atoms in total. The van der Waals surface area contributed by atoms with Gasteiger partial charge in [0.25, 0.3) is 0 Å². The van der Waals surface area contributed by atoms with E-state index in [1.165, 1.54) is 73.5 Å². The van der Waals surface area contributed by atoms with Crippen molar-refractivity contribution in [1.82, 2.24) is 15.1 Å². The van der Waals surface area contributed by atoms with Crippen LogP contribution in [0.15, 0.2) is 42.5 Å². The van der Waals surface area contributed by atoms with E-state index in [2.05, 4.69) is 76.3 Å². The quantitative estimate of drug-likeness (QED) is 0.614. The second kappa shape index (κ2) is 10.5. The minimum Gasteiger partial charge on any atom is -0.399 e. The van der Waals surface area contributed by atoms with Crippen molar-refractivity contribution in [3.05, 3.63) is 59.2 Å². The Balaban J connectivity index is 1.08. The van der Waals surface area contributed by atoms with Crippen LogP contribution in [-0.2, 0) is 6.42 Å². The summed E-state index contributed by atoms with van der Waals surface area (Å²) in [5.41, 5.74) is 13.6. The monoisotopic (exact) mass is 459 g/mol. The molecule has 0 radical (unpaired) electrons. The number of hydrogen-bond acceptors (Lipinski definition) is 5. The van der Waals surface area contributed by atoms with E-state index in [4.69, 9.17) is 5.73 Å². The Labute approximate surface area is 205 Å². The molecule has 0 spiro atoms. The summed E-state index contributed by atoms with van der Waals surface area (Å²) in [5, 5.41) is 3.84. The molecule has 2 fully saturated rings. The molecule has 2 heterocycles. The molecule has 0 atom stereocenters. The van der Waals surface area contributed by atoms with Gasteiger partial charge in [-0.25, -0.2) is 0 Å². The van der Waals surface area contributed by atoms with Gasteiger partial charge in [0, 0.05) is 75.8 Å². The number of fused-ring (bicyclic) bond motifs is 1. The van der Waals surface area contributed by atoms with Gasteiger partial charge < -0.3 is 16.0 Å². The minimum atomic E-state index is 0.647. The zero-order valence-corrected chi connectivity index (χ0v) is 21.0. The molecule has 0 saturated carbocycles. The molecule has 182 valence electrons. The molecule has 3 aliphatic rings. The van der Waals surface area contributed by atoms with Crippen LogP contribution in [0.2, 0.25) is 0 Å². The summed E-state index contributed by atoms with van der Waals surface area (Å²) in [6.07, 6.45) is 5.75. The maximum absolute atomic E-state index is 5.99. The topological polar surface area (TPSA) is 47.8 Å². The molecule has 0 amide bonds. The number of nitrogen functional groups attached to an aromatic ring is 1. The zero-order valence-electron chi connectivity index (χ0n) is 21.0. The fourth-order valence-electron chi connectivity index (χ4n) is 5.71. The second-order valence-corrected chi connectivity index (χ2v) is 10.5. The second-order valence-electron chi connectivity index (χ2n) is 10.5. The highest BCUT2D eigenvalue weighted by atomic mass is 15.3. The molecule has 5 rings (SSSR count). The van der Waals surface area contributed by atoms with Gasteiger partial charge in [0.2, 0.25) is 0 Å². The largest absolute Gasteiger partial charge is 0.399 e. The van der Waals surface area contributed by atoms with Crippen LogP contribution in [-0.4, -0.2) is 74.2 Å². The summed E-state index contributed by atoms with van der Waals surface area (Å²) >= 11 is 0. The molecule has 2 saturated heterocycles. The van der Waals surface area contributed by atoms with Crippen LogP contribution >= 0.6 is 0 Å². The predicted molar refractivity (Wildman–Crippen MR) is 145 cm³/mol. The molecule has 3 N–H and O–H groups in total. The van der Waals surface area contributed by atoms with Crippen molar-refractivity contribution in [1.29, 1.82) is 0 Å². The van der Waals surface area contributed by atoms with Gasteiger partial charge in [0.15, 0.2) is 0 Å². The van der Waals surface area contributed by atoms with Crippen molar-refractivity contribution >= 4 is 23.0 Å². The van der Waals surface area contributed by atoms with Gasteiger partial charge in [0.1, 0.15) is 0 Å². The molecule has 2 aliphatic heterocycles. The minimum absolute atomic E-state index is 0.647. The fraction of sp³-hybridized carbons (Fsp3) is 0.517. The van der Waals surface area contributed by atoms with E-state index in [-0.39, 0.29) is 0 Å². The summed E-state index contributed by atoms with van der Waals surface area (Å²) in [6.45, 7) is 14.0. The van der Waals surface area contributed by atoms with Gasteiger partial charge >= 0.3 is 0 Å². The number of nitrogens with zero attached hydrogens (tertiary/aromatic N) is 3. The molecule has 1 aliphatic carbocycles. The van der Waals surface area contributed by atoms with Crippen LogP contribution in [0.25, 0.3) is 11.6 Å². The Kier molecular flexibility index (Phi) is 7.23. The maximum atomic E-state index is 5.99. The average molecular weight is 460 g/mol. The zero-order chi connectivity index (χ0) is 23.5. The van der Waals surface area contributed by atoms with E-state index in [0.717, 1.165) is 31.7 Å². The highest BCUT2D eigenvalue weighted by Crippen LogP contribution is 2.34. The van der Waals surface area contributed by atoms with Crippen molar-refractivity contribution in [2.45, 2.75) is 45.2 Å². The standard InChI is InChI=1S/C29H41N5/c1-22(2)33-16-14-32(15-17-33)13-10-31-28-8-11-34(12-9-28)29-5-3-4-23(21-29)25-18-24-6-7-27(30)20-26(24)19-25/h3-7,19-22,28,31H,8-18,30H2,1-2H3. The molecule has 5 heteroatoms. The molecule has 0 aromatic heterocycles. The first-order chi connectivity index (χ1) is 16.5. The molecular weight excluding hydrogens is 418 g/mol. The van der Waals surface area contributed by atoms with Crippen molar-refractivity contribution in [2.75, 3.05) is 63.0 Å². The van der Waals surface area contributed by atoms with Gasteiger partial charge in [-0.05, 0) is 79.6 Å². The first-order valence-corrected chi connectivity index (χ1v) is 13.2. The Morgan fingerprint density at radius 1 is 0.971 bits per heavy atom. The third-order valence-corrected chi connectivity index (χ3v) is 7.96. The van der Waals surface area contributed by atoms with Crippen molar-refractivity contribution in [3.63, 3.8) is 0 Å². The third kappa shape index (κ3) is 5.48. The number of allylic oxidation sites excluding steroid dienone is 1. The Bertz CT molecular complexity index is 997. The van der Waals surface area contributed by atoms with Gasteiger partial charge in [-0.2, -0.15) is 0 Å². The molecule has 34 heavy (non-hydrogen) atoms. The van der Waals surface area contributed by atoms with Crippen LogP contribution in [0.5, 0.6) is 0 Å². The normalized spacial score (nSPS) is 20.1. The summed E-state index contributed by atoms with van der Waals surface area (Å²) in [5.74, 6) is 0. The number of piperazine rings is 1. The summed E-state index contributed by atoms with van der Waals surface area (Å²) in [7, 11) is 0. The molecule has 2 aromatic rings. The number of benzene rings is 2. The average Bonchev–Trinajstić information content (AvgIpc) is 3.28. The Hall–Kier alpha value is -2.34. The Morgan fingerprint density at radius 3 is 2.53 bits per heavy atom. The van der Waals surface area contributed by atoms with E-state index in [1.807, 2.05) is 6.07 Å². The van der Waals surface area contributed by atoms with E-state index in [0.29, 0.717) is 12.1 Å². The lowest BCUT2D eigenvalue weighted by atomic mass is 10.0. The number of nitrogens with two attached hydrogens (primary N) is 1. The molecule has 2 aromatic carbocycles. The molecular formula is C29H41N5. The SMILES string of the molecule is CC(C)N1CCN(CCNC2CCN(c3cccc(C4=Cc5cc(N)ccc5C4)c3)CC2)CC1. The molecule has 0 unspecified atom stereocenters. The van der Waals surface area contributed by atoms with Crippen molar-refractivity contribution in [2.24, 2.45) is 0 Å². The fourth-order valence-corrected chi connectivity index (χ4v) is 5.71. The predicted octanol–water partition coefficient (Wildman–Crippen LogP) is 3.95. The van der Waals surface area contributed by atoms with Crippen molar-refractivity contribution < 1.29 is 0 Å². The summed E-state index contributed by atoms with van der Waals surface area (Å²) in [4.78, 5) is 7.77. The van der Waals surface area contributed by atoms with Crippen LogP contribution in [0.4, 0.5) is 11.4 Å². The van der Waals surface area contributed by atoms with Crippen LogP contribution in [0.1, 0.15) is 43.4 Å². The van der Waals surface area contributed by atoms with E-state index in [1.54, 1.807) is 0 Å². The smallest absolute Gasteiger partial charge is 0.0372 e. The molecule has 0 bridgehead atoms. The van der Waals surface area contributed by atoms with Gasteiger partial charge in [0.05, 0.1) is 0 Å². The van der Waals surface area contributed by atoms with Gasteiger partial charge in [-0.3, -0.25) is 9.80 Å². The number of nitrogens with one attached hydrogen (secondary N) is 1. The highest BCUT2D eigenvalue weighted by molar-refractivity contribution is 5.90. The van der Waals surface area contributed by atoms with Gasteiger partial charge in [-0.1, -0.05) is 24.3 Å². The van der Waals surface area contributed by atoms with Crippen LogP contribution in [0.3, 0.4) is 0 Å². The Morgan fingerprint density at radius 2 is 1.76 bits per heavy atom. The van der Waals surface area contributed by atoms with Crippen LogP contribution < -0.4 is 16.0 Å². The summed E-state index contributed by atoms with van der Waals surface area (Å²) < 4.78 is 0. The lowest BCUT2D eigenvalue weighted by Crippen LogP contribution is -2.51. The van der Waals surface area contributed by atoms with Gasteiger partial charge in [-0.15, -0.1) is 0 Å². The number of anilines is 2. The highest BCUT2D eigenvalue weighted by Gasteiger charge is 2.22. The van der Waals surface area contributed by atoms with E-state index in [9.17, 15) is 0 Å². The van der Waals surface area contributed by atoms with Crippen LogP contribution in [0, 0.1) is 0 Å². The first kappa shape index (κ1) is 23.4. The maximum Gasteiger partial charge on any atom is 0.0372 e. The first-order valence-electron chi connectivity index (χ1n) is 13.2. The lowest BCUT2D eigenvalue weighted by molar-refractivity contribution is 0.108. The number of hydrogen-bond donors (Lipinski definition) is 2. The summed E-state index contributed by atoms with van der Waals surface area (Å²) in [6, 6.07) is 16.7. The van der Waals surface area contributed by atoms with E-state index >= 15 is 0 Å². The number of rotatable bonds is 7. The van der Waals surface area contributed by atoms with E-state index < -0.39 is 0 Å². The number of piperidine rings is 1. The van der Waals surface area contributed by atoms with Crippen molar-refractivity contribution in [3.8, 4) is 0 Å².